The summed E-state index contributed by atoms with van der Waals surface area (Å²) in [5.41, 5.74) is 1.51. The molecule has 3 heteroatoms. The molecule has 16 heavy (non-hydrogen) atoms. The predicted molar refractivity (Wildman–Crippen MR) is 60.6 cm³/mol. The molecule has 0 saturated carbocycles. The zero-order valence-corrected chi connectivity index (χ0v) is 9.96. The lowest BCUT2D eigenvalue weighted by molar-refractivity contribution is 0.329. The van der Waals surface area contributed by atoms with Gasteiger partial charge in [-0.1, -0.05) is 20.8 Å². The van der Waals surface area contributed by atoms with E-state index >= 15 is 0 Å². The van der Waals surface area contributed by atoms with Gasteiger partial charge >= 0.3 is 0 Å². The first-order chi connectivity index (χ1) is 7.40. The Morgan fingerprint density at radius 3 is 2.25 bits per heavy atom. The van der Waals surface area contributed by atoms with Crippen LogP contribution in [0.1, 0.15) is 27.7 Å². The van der Waals surface area contributed by atoms with E-state index in [0.29, 0.717) is 11.3 Å². The third-order valence-corrected chi connectivity index (χ3v) is 2.30. The molecule has 0 bridgehead atoms. The summed E-state index contributed by atoms with van der Waals surface area (Å²) in [5, 5.41) is 17.8. The molecule has 0 amide bonds. The summed E-state index contributed by atoms with van der Waals surface area (Å²) in [5.74, 6) is 0.686. The summed E-state index contributed by atoms with van der Waals surface area (Å²) in [6.45, 7) is 7.84. The molecule has 0 aromatic rings. The normalized spacial score (nSPS) is 15.2. The maximum Gasteiger partial charge on any atom is 0.137 e. The highest BCUT2D eigenvalue weighted by atomic mass is 16.5. The molecular formula is C13H14N2O. The minimum Gasteiger partial charge on any atom is -0.469 e. The fourth-order valence-electron chi connectivity index (χ4n) is 1.46. The van der Waals surface area contributed by atoms with E-state index in [4.69, 9.17) is 15.3 Å². The molecule has 0 unspecified atom stereocenters. The molecule has 0 saturated heterocycles. The predicted octanol–water partition coefficient (Wildman–Crippen LogP) is 3.19. The van der Waals surface area contributed by atoms with Crippen molar-refractivity contribution in [3.63, 3.8) is 0 Å². The monoisotopic (exact) mass is 214 g/mol. The van der Waals surface area contributed by atoms with Gasteiger partial charge < -0.3 is 4.74 Å². The summed E-state index contributed by atoms with van der Waals surface area (Å²) in [6, 6.07) is 3.84. The molecule has 1 aliphatic heterocycles. The minimum absolute atomic E-state index is 0.129. The van der Waals surface area contributed by atoms with Crippen LogP contribution in [0.25, 0.3) is 0 Å². The van der Waals surface area contributed by atoms with Gasteiger partial charge in [-0.3, -0.25) is 0 Å². The molecular weight excluding hydrogens is 200 g/mol. The maximum atomic E-state index is 8.92. The Kier molecular flexibility index (Phi) is 3.20. The first kappa shape index (κ1) is 12.1. The molecule has 3 nitrogen and oxygen atoms in total. The van der Waals surface area contributed by atoms with Gasteiger partial charge in [-0.05, 0) is 18.4 Å². The second kappa shape index (κ2) is 4.24. The van der Waals surface area contributed by atoms with E-state index in [-0.39, 0.29) is 11.0 Å². The summed E-state index contributed by atoms with van der Waals surface area (Å²) in [6.07, 6.45) is 3.36. The Morgan fingerprint density at radius 1 is 1.25 bits per heavy atom. The van der Waals surface area contributed by atoms with Crippen molar-refractivity contribution in [2.45, 2.75) is 27.7 Å². The summed E-state index contributed by atoms with van der Waals surface area (Å²) in [4.78, 5) is 0. The quantitative estimate of drug-likeness (QED) is 0.582. The molecule has 0 spiro atoms. The van der Waals surface area contributed by atoms with Gasteiger partial charge in [0.2, 0.25) is 0 Å². The molecule has 0 N–H and O–H groups in total. The van der Waals surface area contributed by atoms with Gasteiger partial charge in [0.25, 0.3) is 0 Å². The van der Waals surface area contributed by atoms with Crippen LogP contribution in [-0.2, 0) is 4.74 Å². The van der Waals surface area contributed by atoms with Crippen LogP contribution >= 0.6 is 0 Å². The number of nitrogens with zero attached hydrogens (tertiary/aromatic N) is 2. The van der Waals surface area contributed by atoms with Crippen LogP contribution in [0.5, 0.6) is 0 Å². The molecule has 0 aliphatic carbocycles. The van der Waals surface area contributed by atoms with Gasteiger partial charge in [0, 0.05) is 11.1 Å². The van der Waals surface area contributed by atoms with Crippen LogP contribution in [0.3, 0.4) is 0 Å². The fourth-order valence-corrected chi connectivity index (χ4v) is 1.46. The lowest BCUT2D eigenvalue weighted by Crippen LogP contribution is -2.15. The zero-order valence-electron chi connectivity index (χ0n) is 9.96. The number of nitriles is 2. The smallest absolute Gasteiger partial charge is 0.137 e. The largest absolute Gasteiger partial charge is 0.469 e. The third kappa shape index (κ3) is 2.32. The van der Waals surface area contributed by atoms with Crippen molar-refractivity contribution in [1.29, 1.82) is 10.5 Å². The lowest BCUT2D eigenvalue weighted by Gasteiger charge is -2.26. The van der Waals surface area contributed by atoms with Crippen LogP contribution in [0.2, 0.25) is 0 Å². The number of hydrogen-bond donors (Lipinski definition) is 0. The van der Waals surface area contributed by atoms with E-state index in [1.54, 1.807) is 19.3 Å². The maximum absolute atomic E-state index is 8.92. The fraction of sp³-hybridized carbons (Fsp3) is 0.385. The van der Waals surface area contributed by atoms with E-state index in [1.165, 1.54) is 0 Å². The Morgan fingerprint density at radius 2 is 1.81 bits per heavy atom. The molecule has 0 aromatic carbocycles. The average molecular weight is 214 g/mol. The lowest BCUT2D eigenvalue weighted by atomic mass is 9.80. The SMILES string of the molecule is CC1=CC(=C(C#N)C#N)C(C(C)(C)C)=CO1. The van der Waals surface area contributed by atoms with E-state index in [2.05, 4.69) is 0 Å². The summed E-state index contributed by atoms with van der Waals surface area (Å²) >= 11 is 0. The molecule has 1 aliphatic rings. The van der Waals surface area contributed by atoms with Gasteiger partial charge in [0.15, 0.2) is 0 Å². The van der Waals surface area contributed by atoms with Gasteiger partial charge in [0.1, 0.15) is 23.5 Å². The van der Waals surface area contributed by atoms with Crippen molar-refractivity contribution >= 4 is 0 Å². The van der Waals surface area contributed by atoms with Crippen LogP contribution < -0.4 is 0 Å². The van der Waals surface area contributed by atoms with E-state index < -0.39 is 0 Å². The second-order valence-electron chi connectivity index (χ2n) is 4.67. The van der Waals surface area contributed by atoms with E-state index in [1.807, 2.05) is 32.9 Å². The number of allylic oxidation sites excluding steroid dienone is 5. The van der Waals surface area contributed by atoms with Crippen molar-refractivity contribution in [1.82, 2.24) is 0 Å². The van der Waals surface area contributed by atoms with E-state index in [0.717, 1.165) is 5.57 Å². The summed E-state index contributed by atoms with van der Waals surface area (Å²) < 4.78 is 5.33. The number of rotatable bonds is 0. The number of hydrogen-bond acceptors (Lipinski definition) is 3. The van der Waals surface area contributed by atoms with Gasteiger partial charge in [-0.2, -0.15) is 10.5 Å². The number of ether oxygens (including phenoxy) is 1. The first-order valence-electron chi connectivity index (χ1n) is 5.00. The zero-order chi connectivity index (χ0) is 12.3. The van der Waals surface area contributed by atoms with Crippen molar-refractivity contribution in [3.8, 4) is 12.1 Å². The molecule has 1 heterocycles. The first-order valence-corrected chi connectivity index (χ1v) is 5.00. The van der Waals surface area contributed by atoms with E-state index in [9.17, 15) is 0 Å². The van der Waals surface area contributed by atoms with Crippen LogP contribution in [0.4, 0.5) is 0 Å². The van der Waals surface area contributed by atoms with Gasteiger partial charge in [-0.15, -0.1) is 0 Å². The molecule has 0 aromatic heterocycles. The summed E-state index contributed by atoms with van der Waals surface area (Å²) in [7, 11) is 0. The molecule has 0 radical (unpaired) electrons. The topological polar surface area (TPSA) is 56.8 Å². The van der Waals surface area contributed by atoms with Crippen LogP contribution in [-0.4, -0.2) is 0 Å². The Labute approximate surface area is 95.9 Å². The van der Waals surface area contributed by atoms with Crippen molar-refractivity contribution < 1.29 is 4.74 Å². The van der Waals surface area contributed by atoms with Crippen LogP contribution in [0.15, 0.2) is 34.8 Å². The molecule has 82 valence electrons. The van der Waals surface area contributed by atoms with Crippen molar-refractivity contribution in [2.24, 2.45) is 5.41 Å². The average Bonchev–Trinajstić information content (AvgIpc) is 2.17. The highest BCUT2D eigenvalue weighted by Gasteiger charge is 2.25. The minimum atomic E-state index is -0.161. The second-order valence-corrected chi connectivity index (χ2v) is 4.67. The Balaban J connectivity index is 3.39. The van der Waals surface area contributed by atoms with Crippen molar-refractivity contribution in [2.75, 3.05) is 0 Å². The molecule has 0 atom stereocenters. The highest BCUT2D eigenvalue weighted by molar-refractivity contribution is 5.56. The van der Waals surface area contributed by atoms with Gasteiger partial charge in [-0.25, -0.2) is 0 Å². The third-order valence-electron chi connectivity index (χ3n) is 2.30. The van der Waals surface area contributed by atoms with Crippen molar-refractivity contribution in [3.05, 3.63) is 34.8 Å². The van der Waals surface area contributed by atoms with Gasteiger partial charge in [0.05, 0.1) is 6.26 Å². The van der Waals surface area contributed by atoms with Crippen LogP contribution in [0, 0.1) is 28.1 Å². The molecule has 1 rings (SSSR count). The Hall–Kier alpha value is -2.00. The Bertz CT molecular complexity index is 458. The highest BCUT2D eigenvalue weighted by Crippen LogP contribution is 2.36. The standard InChI is InChI=1S/C13H14N2O/c1-9-5-11(10(6-14)7-15)12(8-16-9)13(2,3)4/h5,8H,1-4H3. The molecule has 0 fully saturated rings.